The first-order valence-corrected chi connectivity index (χ1v) is 4.86. The van der Waals surface area contributed by atoms with Crippen molar-refractivity contribution in [3.05, 3.63) is 23.8 Å². The van der Waals surface area contributed by atoms with Gasteiger partial charge in [-0.1, -0.05) is 31.1 Å². The largest absolute Gasteiger partial charge is 0.392 e. The zero-order valence-corrected chi connectivity index (χ0v) is 7.21. The first kappa shape index (κ1) is 6.90. The molecule has 64 valence electrons. The third-order valence-electron chi connectivity index (χ3n) is 4.08. The zero-order valence-electron chi connectivity index (χ0n) is 7.21. The van der Waals surface area contributed by atoms with Crippen molar-refractivity contribution in [2.75, 3.05) is 6.61 Å². The van der Waals surface area contributed by atoms with E-state index in [-0.39, 0.29) is 6.61 Å². The lowest BCUT2D eigenvalue weighted by atomic mass is 9.40. The fourth-order valence-corrected chi connectivity index (χ4v) is 3.31. The van der Waals surface area contributed by atoms with Gasteiger partial charge in [-0.3, -0.25) is 0 Å². The summed E-state index contributed by atoms with van der Waals surface area (Å²) in [5, 5.41) is 9.14. The van der Waals surface area contributed by atoms with E-state index in [0.717, 1.165) is 0 Å². The Labute approximate surface area is 72.8 Å². The van der Waals surface area contributed by atoms with E-state index in [9.17, 15) is 0 Å². The Bertz CT molecular complexity index is 289. The van der Waals surface area contributed by atoms with Crippen LogP contribution in [0, 0.1) is 10.8 Å². The Morgan fingerprint density at radius 3 is 2.67 bits per heavy atom. The molecule has 1 heteroatoms. The minimum absolute atomic E-state index is 0.270. The van der Waals surface area contributed by atoms with Crippen LogP contribution >= 0.6 is 0 Å². The van der Waals surface area contributed by atoms with E-state index < -0.39 is 0 Å². The average Bonchev–Trinajstić information content (AvgIpc) is 2.03. The van der Waals surface area contributed by atoms with Crippen LogP contribution in [0.2, 0.25) is 0 Å². The van der Waals surface area contributed by atoms with E-state index in [1.165, 1.54) is 31.3 Å². The maximum atomic E-state index is 9.14. The van der Waals surface area contributed by atoms with Gasteiger partial charge >= 0.3 is 0 Å². The third kappa shape index (κ3) is 0.480. The van der Waals surface area contributed by atoms with Crippen molar-refractivity contribution in [3.63, 3.8) is 0 Å². The molecule has 1 fully saturated rings. The molecule has 3 aliphatic rings. The Hall–Kier alpha value is -0.560. The molecule has 1 saturated carbocycles. The standard InChI is InChI=1S/C11H14O/c12-8-9-7-10-3-1-2-4-11(9,10)6-5-10/h5-7,12H,1-4,8H2. The first-order chi connectivity index (χ1) is 5.83. The van der Waals surface area contributed by atoms with E-state index >= 15 is 0 Å². The Kier molecular flexibility index (Phi) is 1.06. The smallest absolute Gasteiger partial charge is 0.0651 e. The van der Waals surface area contributed by atoms with Crippen LogP contribution in [0.5, 0.6) is 0 Å². The fraction of sp³-hybridized carbons (Fsp3) is 0.636. The van der Waals surface area contributed by atoms with E-state index in [1.54, 1.807) is 0 Å². The summed E-state index contributed by atoms with van der Waals surface area (Å²) in [5.74, 6) is 0. The molecule has 2 unspecified atom stereocenters. The minimum Gasteiger partial charge on any atom is -0.392 e. The predicted octanol–water partition coefficient (Wildman–Crippen LogP) is 2.04. The molecule has 12 heavy (non-hydrogen) atoms. The lowest BCUT2D eigenvalue weighted by Gasteiger charge is -2.63. The van der Waals surface area contributed by atoms with Crippen molar-refractivity contribution in [3.8, 4) is 0 Å². The molecule has 0 radical (unpaired) electrons. The average molecular weight is 162 g/mol. The summed E-state index contributed by atoms with van der Waals surface area (Å²) >= 11 is 0. The van der Waals surface area contributed by atoms with Gasteiger partial charge in [0, 0.05) is 10.8 Å². The monoisotopic (exact) mass is 162 g/mol. The number of hydrogen-bond acceptors (Lipinski definition) is 1. The maximum Gasteiger partial charge on any atom is 0.0651 e. The van der Waals surface area contributed by atoms with E-state index in [1.807, 2.05) is 0 Å². The van der Waals surface area contributed by atoms with Gasteiger partial charge in [0.25, 0.3) is 0 Å². The molecule has 0 bridgehead atoms. The molecule has 0 amide bonds. The number of hydrogen-bond donors (Lipinski definition) is 1. The number of aliphatic hydroxyl groups is 1. The van der Waals surface area contributed by atoms with Gasteiger partial charge in [-0.15, -0.1) is 0 Å². The van der Waals surface area contributed by atoms with Crippen LogP contribution in [-0.2, 0) is 0 Å². The molecule has 0 aliphatic heterocycles. The highest BCUT2D eigenvalue weighted by molar-refractivity contribution is 5.53. The SMILES string of the molecule is OCC1=CC23C=CC12CCCC3. The quantitative estimate of drug-likeness (QED) is 0.585. The summed E-state index contributed by atoms with van der Waals surface area (Å²) in [6.45, 7) is 0.270. The highest BCUT2D eigenvalue weighted by atomic mass is 16.3. The molecule has 0 spiro atoms. The number of rotatable bonds is 1. The molecule has 1 nitrogen and oxygen atoms in total. The van der Waals surface area contributed by atoms with Crippen LogP contribution in [-0.4, -0.2) is 11.7 Å². The normalized spacial score (nSPS) is 48.2. The molecule has 0 heterocycles. The van der Waals surface area contributed by atoms with Crippen molar-refractivity contribution in [1.29, 1.82) is 0 Å². The molecule has 0 aromatic carbocycles. The van der Waals surface area contributed by atoms with Gasteiger partial charge in [-0.25, -0.2) is 0 Å². The lowest BCUT2D eigenvalue weighted by Crippen LogP contribution is -2.55. The van der Waals surface area contributed by atoms with Gasteiger partial charge in [-0.2, -0.15) is 0 Å². The van der Waals surface area contributed by atoms with Crippen molar-refractivity contribution in [2.24, 2.45) is 10.8 Å². The lowest BCUT2D eigenvalue weighted by molar-refractivity contribution is 0.0672. The summed E-state index contributed by atoms with van der Waals surface area (Å²) in [6.07, 6.45) is 12.2. The predicted molar refractivity (Wildman–Crippen MR) is 47.6 cm³/mol. The van der Waals surface area contributed by atoms with Gasteiger partial charge in [0.15, 0.2) is 0 Å². The number of allylic oxidation sites excluding steroid dienone is 3. The van der Waals surface area contributed by atoms with Crippen LogP contribution in [0.4, 0.5) is 0 Å². The Morgan fingerprint density at radius 1 is 1.25 bits per heavy atom. The van der Waals surface area contributed by atoms with Gasteiger partial charge in [0.2, 0.25) is 0 Å². The van der Waals surface area contributed by atoms with E-state index in [2.05, 4.69) is 18.2 Å². The van der Waals surface area contributed by atoms with Crippen LogP contribution < -0.4 is 0 Å². The van der Waals surface area contributed by atoms with Gasteiger partial charge in [-0.05, 0) is 18.4 Å². The third-order valence-corrected chi connectivity index (χ3v) is 4.08. The van der Waals surface area contributed by atoms with Crippen molar-refractivity contribution < 1.29 is 5.11 Å². The minimum atomic E-state index is 0.270. The second-order valence-electron chi connectivity index (χ2n) is 4.38. The molecule has 1 N–H and O–H groups in total. The van der Waals surface area contributed by atoms with Crippen LogP contribution in [0.25, 0.3) is 0 Å². The highest BCUT2D eigenvalue weighted by Crippen LogP contribution is 2.70. The summed E-state index contributed by atoms with van der Waals surface area (Å²) in [5.41, 5.74) is 2.02. The maximum absolute atomic E-state index is 9.14. The molecule has 0 aromatic rings. The second-order valence-corrected chi connectivity index (χ2v) is 4.38. The van der Waals surface area contributed by atoms with Crippen LogP contribution in [0.1, 0.15) is 25.7 Å². The molecule has 3 aliphatic carbocycles. The summed E-state index contributed by atoms with van der Waals surface area (Å²) in [4.78, 5) is 0. The summed E-state index contributed by atoms with van der Waals surface area (Å²) < 4.78 is 0. The van der Waals surface area contributed by atoms with Crippen molar-refractivity contribution in [1.82, 2.24) is 0 Å². The van der Waals surface area contributed by atoms with Gasteiger partial charge in [0.1, 0.15) is 0 Å². The summed E-state index contributed by atoms with van der Waals surface area (Å²) in [6, 6.07) is 0. The van der Waals surface area contributed by atoms with Crippen LogP contribution in [0.15, 0.2) is 23.8 Å². The second kappa shape index (κ2) is 1.85. The summed E-state index contributed by atoms with van der Waals surface area (Å²) in [7, 11) is 0. The van der Waals surface area contributed by atoms with E-state index in [0.29, 0.717) is 10.8 Å². The van der Waals surface area contributed by atoms with Crippen LogP contribution in [0.3, 0.4) is 0 Å². The topological polar surface area (TPSA) is 20.2 Å². The Balaban J connectivity index is 2.04. The molecular formula is C11H14O. The molecule has 0 aromatic heterocycles. The molecule has 0 saturated heterocycles. The zero-order chi connectivity index (χ0) is 8.23. The Morgan fingerprint density at radius 2 is 2.08 bits per heavy atom. The molecular weight excluding hydrogens is 148 g/mol. The molecule has 3 rings (SSSR count). The highest BCUT2D eigenvalue weighted by Gasteiger charge is 2.61. The van der Waals surface area contributed by atoms with Crippen molar-refractivity contribution in [2.45, 2.75) is 25.7 Å². The number of aliphatic hydroxyl groups excluding tert-OH is 1. The molecule has 2 atom stereocenters. The van der Waals surface area contributed by atoms with Crippen molar-refractivity contribution >= 4 is 0 Å². The fourth-order valence-electron chi connectivity index (χ4n) is 3.31. The first-order valence-electron chi connectivity index (χ1n) is 4.86. The van der Waals surface area contributed by atoms with Gasteiger partial charge in [0.05, 0.1) is 6.61 Å². The van der Waals surface area contributed by atoms with Gasteiger partial charge < -0.3 is 5.11 Å². The van der Waals surface area contributed by atoms with E-state index in [4.69, 9.17) is 5.11 Å².